The van der Waals surface area contributed by atoms with Crippen molar-refractivity contribution in [3.63, 3.8) is 0 Å². The number of nitrogens with one attached hydrogen (secondary N) is 1. The number of primary amides is 2. The number of rotatable bonds is 1. The third-order valence-corrected chi connectivity index (χ3v) is 3.34. The number of carbonyl (C=O) groups is 2. The van der Waals surface area contributed by atoms with Crippen LogP contribution in [0.15, 0.2) is 44.5 Å². The highest BCUT2D eigenvalue weighted by atomic mass is 79.9. The molecule has 0 spiro atoms. The topological polar surface area (TPSA) is 184 Å². The number of aromatic amines is 1. The summed E-state index contributed by atoms with van der Waals surface area (Å²) < 4.78 is 1.62. The number of amides is 2. The number of urea groups is 1. The quantitative estimate of drug-likeness (QED) is 0.366. The van der Waals surface area contributed by atoms with E-state index in [4.69, 9.17) is 10.5 Å². The lowest BCUT2D eigenvalue weighted by atomic mass is 10.3. The van der Waals surface area contributed by atoms with E-state index in [9.17, 15) is 9.59 Å². The Morgan fingerprint density at radius 2 is 1.59 bits per heavy atom. The summed E-state index contributed by atoms with van der Waals surface area (Å²) in [6, 6.07) is 2.63. The molecule has 144 valence electrons. The number of pyridine rings is 2. The molecule has 0 atom stereocenters. The summed E-state index contributed by atoms with van der Waals surface area (Å²) in [5, 5.41) is 0.809. The molecule has 3 heterocycles. The summed E-state index contributed by atoms with van der Waals surface area (Å²) in [6.07, 6.45) is 5.33. The zero-order chi connectivity index (χ0) is 19.7. The molecule has 0 aliphatic rings. The van der Waals surface area contributed by atoms with E-state index in [2.05, 4.69) is 63.3 Å². The van der Waals surface area contributed by atoms with E-state index in [1.54, 1.807) is 18.5 Å². The number of nitrogens with zero attached hydrogens (tertiary/aromatic N) is 3. The van der Waals surface area contributed by atoms with Crippen LogP contribution in [0.1, 0.15) is 17.8 Å². The van der Waals surface area contributed by atoms with E-state index in [0.717, 1.165) is 14.3 Å². The highest BCUT2D eigenvalue weighted by Gasteiger charge is 1.98. The Morgan fingerprint density at radius 3 is 2.15 bits per heavy atom. The van der Waals surface area contributed by atoms with Gasteiger partial charge in [-0.15, -0.1) is 0 Å². The number of aromatic nitrogens is 4. The average molecular weight is 503 g/mol. The predicted molar refractivity (Wildman–Crippen MR) is 110 cm³/mol. The molecule has 0 fully saturated rings. The van der Waals surface area contributed by atoms with Crippen LogP contribution in [0.2, 0.25) is 0 Å². The molecule has 0 aliphatic heterocycles. The van der Waals surface area contributed by atoms with Crippen molar-refractivity contribution in [3.05, 3.63) is 55.7 Å². The van der Waals surface area contributed by atoms with E-state index in [1.165, 1.54) is 6.20 Å². The summed E-state index contributed by atoms with van der Waals surface area (Å²) in [4.78, 5) is 43.8. The van der Waals surface area contributed by atoms with Gasteiger partial charge in [0.2, 0.25) is 0 Å². The molecule has 0 radical (unpaired) electrons. The monoisotopic (exact) mass is 501 g/mol. The Bertz CT molecular complexity index is 975. The molecular weight excluding hydrogens is 486 g/mol. The van der Waals surface area contributed by atoms with Gasteiger partial charge in [-0.05, 0) is 44.0 Å². The number of nitrogen functional groups attached to an aromatic ring is 1. The van der Waals surface area contributed by atoms with Gasteiger partial charge in [-0.1, -0.05) is 7.43 Å². The van der Waals surface area contributed by atoms with Crippen LogP contribution in [-0.4, -0.2) is 32.3 Å². The van der Waals surface area contributed by atoms with Crippen LogP contribution in [0.5, 0.6) is 0 Å². The minimum atomic E-state index is -0.833. The smallest absolute Gasteiger partial charge is 0.346 e. The van der Waals surface area contributed by atoms with E-state index in [-0.39, 0.29) is 18.9 Å². The fraction of sp³-hybridized carbons (Fsp3) is 0.0667. The molecule has 0 aromatic carbocycles. The Morgan fingerprint density at radius 1 is 1.04 bits per heavy atom. The lowest BCUT2D eigenvalue weighted by Gasteiger charge is -1.95. The molecule has 7 N–H and O–H groups in total. The van der Waals surface area contributed by atoms with E-state index in [0.29, 0.717) is 17.5 Å². The molecule has 12 heteroatoms. The van der Waals surface area contributed by atoms with Gasteiger partial charge in [-0.3, -0.25) is 9.78 Å². The third-order valence-electron chi connectivity index (χ3n) is 2.47. The van der Waals surface area contributed by atoms with Gasteiger partial charge in [0, 0.05) is 32.9 Å². The zero-order valence-corrected chi connectivity index (χ0v) is 16.2. The predicted octanol–water partition coefficient (Wildman–Crippen LogP) is 1.98. The maximum atomic E-state index is 10.7. The SMILES string of the molecule is C.NC(N)=O.Nc1ncc(Br)cc1C=O.O=c1ncc2cc(Br)cnc2[nH]1. The van der Waals surface area contributed by atoms with Crippen LogP contribution >= 0.6 is 31.9 Å². The number of fused-ring (bicyclic) bond motifs is 1. The first-order chi connectivity index (χ1) is 12.2. The number of H-pyrrole nitrogens is 1. The largest absolute Gasteiger partial charge is 0.383 e. The molecule has 2 amide bonds. The van der Waals surface area contributed by atoms with Crippen LogP contribution in [0.25, 0.3) is 11.0 Å². The fourth-order valence-corrected chi connectivity index (χ4v) is 2.18. The molecule has 10 nitrogen and oxygen atoms in total. The average Bonchev–Trinajstić information content (AvgIpc) is 2.57. The van der Waals surface area contributed by atoms with Gasteiger partial charge in [0.05, 0.1) is 5.56 Å². The van der Waals surface area contributed by atoms with Gasteiger partial charge in [0.25, 0.3) is 0 Å². The van der Waals surface area contributed by atoms with Crippen LogP contribution in [0, 0.1) is 0 Å². The highest BCUT2D eigenvalue weighted by molar-refractivity contribution is 9.10. The van der Waals surface area contributed by atoms with Crippen molar-refractivity contribution in [1.29, 1.82) is 0 Å². The lowest BCUT2D eigenvalue weighted by Crippen LogP contribution is -2.18. The molecule has 27 heavy (non-hydrogen) atoms. The van der Waals surface area contributed by atoms with Gasteiger partial charge in [-0.2, -0.15) is 0 Å². The number of halogens is 2. The zero-order valence-electron chi connectivity index (χ0n) is 13.0. The number of aldehydes is 1. The second kappa shape index (κ2) is 11.7. The minimum absolute atomic E-state index is 0. The summed E-state index contributed by atoms with van der Waals surface area (Å²) in [6.45, 7) is 0. The number of hydrogen-bond donors (Lipinski definition) is 4. The van der Waals surface area contributed by atoms with Gasteiger partial charge in [-0.25, -0.2) is 24.5 Å². The molecule has 0 aliphatic carbocycles. The number of carbonyl (C=O) groups excluding carboxylic acids is 2. The van der Waals surface area contributed by atoms with Crippen molar-refractivity contribution in [2.45, 2.75) is 7.43 Å². The Kier molecular flexibility index (Phi) is 10.5. The molecule has 3 aromatic rings. The number of anilines is 1. The Balaban J connectivity index is 0.000000412. The normalized spacial score (nSPS) is 8.96. The molecule has 0 unspecified atom stereocenters. The molecule has 3 rings (SSSR count). The van der Waals surface area contributed by atoms with Crippen molar-refractivity contribution in [2.24, 2.45) is 11.5 Å². The fourth-order valence-electron chi connectivity index (χ4n) is 1.48. The molecule has 0 saturated heterocycles. The highest BCUT2D eigenvalue weighted by Crippen LogP contribution is 2.13. The minimum Gasteiger partial charge on any atom is -0.383 e. The van der Waals surface area contributed by atoms with Crippen LogP contribution in [0.4, 0.5) is 10.6 Å². The van der Waals surface area contributed by atoms with Crippen molar-refractivity contribution in [3.8, 4) is 0 Å². The van der Waals surface area contributed by atoms with Crippen molar-refractivity contribution in [1.82, 2.24) is 19.9 Å². The summed E-state index contributed by atoms with van der Waals surface area (Å²) in [5.74, 6) is 0.262. The van der Waals surface area contributed by atoms with E-state index < -0.39 is 6.03 Å². The van der Waals surface area contributed by atoms with Crippen LogP contribution in [0.3, 0.4) is 0 Å². The van der Waals surface area contributed by atoms with E-state index in [1.807, 2.05) is 6.07 Å². The molecule has 3 aromatic heterocycles. The first-order valence-electron chi connectivity index (χ1n) is 6.64. The third kappa shape index (κ3) is 8.87. The molecule has 0 saturated carbocycles. The van der Waals surface area contributed by atoms with Crippen LogP contribution < -0.4 is 22.9 Å². The first kappa shape index (κ1) is 24.1. The number of nitrogens with two attached hydrogens (primary N) is 3. The van der Waals surface area contributed by atoms with E-state index >= 15 is 0 Å². The molecular formula is C15H17Br2N7O3. The van der Waals surface area contributed by atoms with Crippen molar-refractivity contribution >= 4 is 61.0 Å². The van der Waals surface area contributed by atoms with Gasteiger partial charge < -0.3 is 17.2 Å². The second-order valence-corrected chi connectivity index (χ2v) is 6.26. The van der Waals surface area contributed by atoms with Gasteiger partial charge in [0.1, 0.15) is 11.5 Å². The maximum Gasteiger partial charge on any atom is 0.346 e. The Hall–Kier alpha value is -2.86. The van der Waals surface area contributed by atoms with Crippen LogP contribution in [-0.2, 0) is 0 Å². The maximum absolute atomic E-state index is 10.7. The van der Waals surface area contributed by atoms with Crippen molar-refractivity contribution in [2.75, 3.05) is 5.73 Å². The number of hydrogen-bond acceptors (Lipinski definition) is 7. The summed E-state index contributed by atoms with van der Waals surface area (Å²) in [5.41, 5.74) is 14.4. The standard InChI is InChI=1S/C7H4BrN3O.C6H5BrN2O.CH4N2O.CH4/c8-5-1-4-2-10-7(12)11-6(4)9-3-5;7-5-1-4(3-10)6(8)9-2-5;2-1(3)4;/h1-3H,(H,9,10,11,12);1-3H,(H2,8,9);(H4,2,3,4);1H4. The second-order valence-electron chi connectivity index (χ2n) is 4.43. The van der Waals surface area contributed by atoms with Crippen molar-refractivity contribution < 1.29 is 9.59 Å². The first-order valence-corrected chi connectivity index (χ1v) is 8.23. The van der Waals surface area contributed by atoms with Gasteiger partial charge in [0.15, 0.2) is 6.29 Å². The van der Waals surface area contributed by atoms with Gasteiger partial charge >= 0.3 is 11.7 Å². The lowest BCUT2D eigenvalue weighted by molar-refractivity contribution is 0.112. The molecule has 0 bridgehead atoms. The Labute approximate surface area is 170 Å². The summed E-state index contributed by atoms with van der Waals surface area (Å²) in [7, 11) is 0. The summed E-state index contributed by atoms with van der Waals surface area (Å²) >= 11 is 6.43.